The van der Waals surface area contributed by atoms with Crippen molar-refractivity contribution >= 4 is 41.0 Å². The van der Waals surface area contributed by atoms with E-state index < -0.39 is 71.0 Å². The number of carbonyl (C=O) groups excluding carboxylic acids is 2. The van der Waals surface area contributed by atoms with Crippen LogP contribution in [0.3, 0.4) is 0 Å². The molecule has 0 saturated carbocycles. The van der Waals surface area contributed by atoms with Crippen LogP contribution in [0.1, 0.15) is 38.5 Å². The second-order valence-electron chi connectivity index (χ2n) is 8.20. The summed E-state index contributed by atoms with van der Waals surface area (Å²) in [7, 11) is 0.732. The zero-order valence-electron chi connectivity index (χ0n) is 20.0. The lowest BCUT2D eigenvalue weighted by molar-refractivity contribution is -0.140. The normalized spacial score (nSPS) is 13.6. The van der Waals surface area contributed by atoms with Gasteiger partial charge in [0.15, 0.2) is 0 Å². The van der Waals surface area contributed by atoms with Crippen molar-refractivity contribution < 1.29 is 53.5 Å². The number of carbonyl (C=O) groups is 2. The summed E-state index contributed by atoms with van der Waals surface area (Å²) in [4.78, 5) is 24.0. The molecule has 3 amide bonds. The molecule has 2 N–H and O–H groups in total. The number of aryl methyl sites for hydroxylation is 1. The molecule has 0 bridgehead atoms. The summed E-state index contributed by atoms with van der Waals surface area (Å²) in [6, 6.07) is 1.35. The van der Waals surface area contributed by atoms with Crippen molar-refractivity contribution in [2.45, 2.75) is 31.4 Å². The van der Waals surface area contributed by atoms with Crippen LogP contribution in [0, 0.1) is 6.92 Å². The number of rotatable bonds is 5. The smallest absolute Gasteiger partial charge is 0.327 e. The molecule has 5 nitrogen and oxygen atoms in total. The number of amides is 3. The summed E-state index contributed by atoms with van der Waals surface area (Å²) in [5, 5.41) is 1.17. The molecule has 0 aliphatic carbocycles. The standard InChI is InChI=1S/C23H17Cl2F10N3O2/c1-10-5-12(7-16(24)18(10)25)14(22(30,31)32)8-17(26)11-3-4-13(15(6-11)23(33,34)35)19(39)37-38(2)20(40)36-9-21(27,28)29/h3-8,14H,9H2,1-2H3,(H,36,40)(H,37,39). The Balaban J connectivity index is 2.45. The Kier molecular flexibility index (Phi) is 10.0. The van der Waals surface area contributed by atoms with Crippen molar-refractivity contribution in [3.63, 3.8) is 0 Å². The Morgan fingerprint density at radius 2 is 1.60 bits per heavy atom. The van der Waals surface area contributed by atoms with Gasteiger partial charge in [-0.15, -0.1) is 0 Å². The lowest BCUT2D eigenvalue weighted by Crippen LogP contribution is -2.50. The molecule has 0 aliphatic rings. The molecule has 2 aromatic carbocycles. The van der Waals surface area contributed by atoms with E-state index in [1.54, 1.807) is 5.43 Å². The van der Waals surface area contributed by atoms with E-state index in [9.17, 15) is 53.5 Å². The Bertz CT molecular complexity index is 1280. The van der Waals surface area contributed by atoms with Crippen LogP contribution in [-0.2, 0) is 6.18 Å². The predicted molar refractivity (Wildman–Crippen MR) is 125 cm³/mol. The molecule has 0 radical (unpaired) electrons. The van der Waals surface area contributed by atoms with Crippen molar-refractivity contribution in [3.05, 3.63) is 74.3 Å². The van der Waals surface area contributed by atoms with Crippen molar-refractivity contribution in [1.29, 1.82) is 0 Å². The Labute approximate surface area is 229 Å². The summed E-state index contributed by atoms with van der Waals surface area (Å²) < 4.78 is 134. The molecular formula is C23H17Cl2F10N3O2. The minimum Gasteiger partial charge on any atom is -0.327 e. The average molecular weight is 628 g/mol. The number of allylic oxidation sites excluding steroid dienone is 1. The number of hydrogen-bond donors (Lipinski definition) is 2. The van der Waals surface area contributed by atoms with Crippen LogP contribution < -0.4 is 10.7 Å². The first-order chi connectivity index (χ1) is 18.1. The number of hydrazine groups is 1. The topological polar surface area (TPSA) is 61.4 Å². The monoisotopic (exact) mass is 627 g/mol. The minimum atomic E-state index is -5.34. The third kappa shape index (κ3) is 8.65. The van der Waals surface area contributed by atoms with Gasteiger partial charge in [0.2, 0.25) is 0 Å². The van der Waals surface area contributed by atoms with E-state index in [1.807, 2.05) is 0 Å². The van der Waals surface area contributed by atoms with E-state index in [0.717, 1.165) is 19.2 Å². The Morgan fingerprint density at radius 1 is 1.00 bits per heavy atom. The number of hydrogen-bond acceptors (Lipinski definition) is 2. The van der Waals surface area contributed by atoms with Crippen LogP contribution in [-0.4, -0.2) is 42.9 Å². The molecule has 0 spiro atoms. The molecule has 1 unspecified atom stereocenters. The highest BCUT2D eigenvalue weighted by Gasteiger charge is 2.41. The van der Waals surface area contributed by atoms with Crippen molar-refractivity contribution in [2.24, 2.45) is 0 Å². The van der Waals surface area contributed by atoms with E-state index in [1.165, 1.54) is 12.2 Å². The summed E-state index contributed by atoms with van der Waals surface area (Å²) in [5.41, 5.74) is -2.79. The van der Waals surface area contributed by atoms with Gasteiger partial charge in [-0.1, -0.05) is 35.3 Å². The molecule has 1 atom stereocenters. The quantitative estimate of drug-likeness (QED) is 0.262. The van der Waals surface area contributed by atoms with Gasteiger partial charge in [0, 0.05) is 12.6 Å². The van der Waals surface area contributed by atoms with Gasteiger partial charge in [-0.25, -0.2) is 14.2 Å². The van der Waals surface area contributed by atoms with Crippen LogP contribution in [0.5, 0.6) is 0 Å². The number of nitrogens with zero attached hydrogens (tertiary/aromatic N) is 1. The van der Waals surface area contributed by atoms with Gasteiger partial charge >= 0.3 is 24.6 Å². The molecule has 0 aliphatic heterocycles. The molecule has 0 heterocycles. The number of nitrogens with one attached hydrogen (secondary N) is 2. The van der Waals surface area contributed by atoms with Gasteiger partial charge in [0.05, 0.1) is 21.2 Å². The fraction of sp³-hybridized carbons (Fsp3) is 0.304. The van der Waals surface area contributed by atoms with Gasteiger partial charge in [-0.2, -0.15) is 39.5 Å². The third-order valence-corrected chi connectivity index (χ3v) is 6.01. The maximum Gasteiger partial charge on any atom is 0.417 e. The van der Waals surface area contributed by atoms with Crippen molar-refractivity contribution in [3.8, 4) is 0 Å². The van der Waals surface area contributed by atoms with Gasteiger partial charge in [0.1, 0.15) is 18.3 Å². The highest BCUT2D eigenvalue weighted by Crippen LogP contribution is 2.42. The SMILES string of the molecule is Cc1cc(C(C=C(F)c2ccc(C(=O)NN(C)C(=O)NCC(F)(F)F)c(C(F)(F)F)c2)C(F)(F)F)cc(Cl)c1Cl. The van der Waals surface area contributed by atoms with Gasteiger partial charge in [-0.05, 0) is 42.3 Å². The molecule has 220 valence electrons. The first kappa shape index (κ1) is 33.0. The lowest BCUT2D eigenvalue weighted by atomic mass is 9.94. The summed E-state index contributed by atoms with van der Waals surface area (Å²) in [6.07, 6.45) is -15.2. The minimum absolute atomic E-state index is 0.0208. The first-order valence-corrected chi connectivity index (χ1v) is 11.4. The summed E-state index contributed by atoms with van der Waals surface area (Å²) in [6.45, 7) is -0.469. The first-order valence-electron chi connectivity index (χ1n) is 10.6. The fourth-order valence-electron chi connectivity index (χ4n) is 3.24. The number of alkyl halides is 9. The van der Waals surface area contributed by atoms with Crippen molar-refractivity contribution in [1.82, 2.24) is 15.8 Å². The van der Waals surface area contributed by atoms with Crippen LogP contribution in [0.2, 0.25) is 10.0 Å². The summed E-state index contributed by atoms with van der Waals surface area (Å²) in [5.74, 6) is -6.01. The number of urea groups is 1. The highest BCUT2D eigenvalue weighted by molar-refractivity contribution is 6.42. The third-order valence-electron chi connectivity index (χ3n) is 5.12. The van der Waals surface area contributed by atoms with E-state index in [4.69, 9.17) is 23.2 Å². The zero-order valence-corrected chi connectivity index (χ0v) is 21.6. The van der Waals surface area contributed by atoms with E-state index in [-0.39, 0.29) is 32.8 Å². The summed E-state index contributed by atoms with van der Waals surface area (Å²) >= 11 is 11.7. The van der Waals surface area contributed by atoms with E-state index in [2.05, 4.69) is 0 Å². The average Bonchev–Trinajstić information content (AvgIpc) is 2.81. The fourth-order valence-corrected chi connectivity index (χ4v) is 3.62. The largest absolute Gasteiger partial charge is 0.417 e. The van der Waals surface area contributed by atoms with Crippen LogP contribution in [0.15, 0.2) is 36.4 Å². The zero-order chi connectivity index (χ0) is 30.8. The maximum absolute atomic E-state index is 15.0. The molecular weight excluding hydrogens is 611 g/mol. The van der Waals surface area contributed by atoms with Crippen molar-refractivity contribution in [2.75, 3.05) is 13.6 Å². The van der Waals surface area contributed by atoms with Crippen LogP contribution in [0.25, 0.3) is 5.83 Å². The Morgan fingerprint density at radius 3 is 2.10 bits per heavy atom. The van der Waals surface area contributed by atoms with Gasteiger partial charge in [-0.3, -0.25) is 10.2 Å². The molecule has 0 fully saturated rings. The van der Waals surface area contributed by atoms with Crippen LogP contribution >= 0.6 is 23.2 Å². The number of halogens is 12. The predicted octanol–water partition coefficient (Wildman–Crippen LogP) is 7.83. The number of benzene rings is 2. The molecule has 40 heavy (non-hydrogen) atoms. The molecule has 2 aromatic rings. The second-order valence-corrected chi connectivity index (χ2v) is 8.98. The lowest BCUT2D eigenvalue weighted by Gasteiger charge is -2.21. The van der Waals surface area contributed by atoms with E-state index in [0.29, 0.717) is 12.1 Å². The molecule has 2 rings (SSSR count). The second kappa shape index (κ2) is 12.1. The van der Waals surface area contributed by atoms with E-state index >= 15 is 0 Å². The highest BCUT2D eigenvalue weighted by atomic mass is 35.5. The molecule has 0 aromatic heterocycles. The van der Waals surface area contributed by atoms with Gasteiger partial charge in [0.25, 0.3) is 5.91 Å². The molecule has 17 heteroatoms. The Hall–Kier alpha value is -3.20. The van der Waals surface area contributed by atoms with Gasteiger partial charge < -0.3 is 5.32 Å². The van der Waals surface area contributed by atoms with Crippen LogP contribution in [0.4, 0.5) is 48.7 Å². The molecule has 0 saturated heterocycles. The maximum atomic E-state index is 15.0.